The van der Waals surface area contributed by atoms with Crippen molar-refractivity contribution >= 4 is 23.6 Å². The molecule has 0 aliphatic carbocycles. The summed E-state index contributed by atoms with van der Waals surface area (Å²) in [5.41, 5.74) is 2.41. The number of para-hydroxylation sites is 1. The smallest absolute Gasteiger partial charge is 0.335 e. The second-order valence-corrected chi connectivity index (χ2v) is 5.86. The van der Waals surface area contributed by atoms with Crippen LogP contribution in [0.25, 0.3) is 0 Å². The van der Waals surface area contributed by atoms with Crippen molar-refractivity contribution in [3.63, 3.8) is 0 Å². The molecule has 0 radical (unpaired) electrons. The molecule has 7 nitrogen and oxygen atoms in total. The molecule has 0 saturated heterocycles. The molecule has 1 N–H and O–H groups in total. The first-order valence-electron chi connectivity index (χ1n) is 8.35. The van der Waals surface area contributed by atoms with Crippen molar-refractivity contribution in [1.82, 2.24) is 0 Å². The summed E-state index contributed by atoms with van der Waals surface area (Å²) >= 11 is 0. The standard InChI is InChI=1S/C21H16N2O5/c24-21(25)16-7-5-15(6-8-16)14-28-20-4-2-1-3-17(20)13-22-18-9-11-19(12-10-18)23(26)27/h1-13H,14H2,(H,24,25). The van der Waals surface area contributed by atoms with Crippen LogP contribution in [0.1, 0.15) is 21.5 Å². The van der Waals surface area contributed by atoms with Gasteiger partial charge in [-0.2, -0.15) is 0 Å². The molecule has 0 fully saturated rings. The number of hydrogen-bond acceptors (Lipinski definition) is 5. The number of non-ortho nitro benzene ring substituents is 1. The van der Waals surface area contributed by atoms with Gasteiger partial charge >= 0.3 is 5.97 Å². The Kier molecular flexibility index (Phi) is 5.76. The lowest BCUT2D eigenvalue weighted by atomic mass is 10.1. The first kappa shape index (κ1) is 18.8. The van der Waals surface area contributed by atoms with E-state index in [9.17, 15) is 14.9 Å². The molecule has 0 amide bonds. The van der Waals surface area contributed by atoms with E-state index >= 15 is 0 Å². The van der Waals surface area contributed by atoms with E-state index in [-0.39, 0.29) is 17.9 Å². The van der Waals surface area contributed by atoms with Gasteiger partial charge < -0.3 is 9.84 Å². The van der Waals surface area contributed by atoms with Gasteiger partial charge in [-0.25, -0.2) is 4.79 Å². The number of carbonyl (C=O) groups is 1. The second-order valence-electron chi connectivity index (χ2n) is 5.86. The summed E-state index contributed by atoms with van der Waals surface area (Å²) in [6, 6.07) is 19.8. The molecule has 0 atom stereocenters. The molecule has 0 unspecified atom stereocenters. The number of nitro benzene ring substituents is 1. The van der Waals surface area contributed by atoms with Crippen LogP contribution in [0.3, 0.4) is 0 Å². The number of nitro groups is 1. The number of carboxylic acid groups (broad SMARTS) is 1. The SMILES string of the molecule is O=C(O)c1ccc(COc2ccccc2C=Nc2ccc([N+](=O)[O-])cc2)cc1. The molecule has 0 heterocycles. The Bertz CT molecular complexity index is 1010. The molecular weight excluding hydrogens is 360 g/mol. The predicted octanol–water partition coefficient (Wildman–Crippen LogP) is 4.62. The maximum atomic E-state index is 10.9. The monoisotopic (exact) mass is 376 g/mol. The minimum atomic E-state index is -0.972. The van der Waals surface area contributed by atoms with Gasteiger partial charge in [0.2, 0.25) is 0 Å². The minimum absolute atomic E-state index is 0.0107. The zero-order valence-electron chi connectivity index (χ0n) is 14.7. The molecular formula is C21H16N2O5. The topological polar surface area (TPSA) is 102 Å². The average Bonchev–Trinajstić information content (AvgIpc) is 2.72. The second kappa shape index (κ2) is 8.59. The summed E-state index contributed by atoms with van der Waals surface area (Å²) in [7, 11) is 0. The highest BCUT2D eigenvalue weighted by molar-refractivity contribution is 5.87. The van der Waals surface area contributed by atoms with Crippen molar-refractivity contribution in [3.8, 4) is 5.75 Å². The highest BCUT2D eigenvalue weighted by Crippen LogP contribution is 2.21. The molecule has 0 aliphatic rings. The number of carboxylic acids is 1. The van der Waals surface area contributed by atoms with Crippen LogP contribution in [0.2, 0.25) is 0 Å². The number of rotatable bonds is 7. The Morgan fingerprint density at radius 1 is 1.04 bits per heavy atom. The molecule has 3 aromatic carbocycles. The van der Waals surface area contributed by atoms with Crippen LogP contribution < -0.4 is 4.74 Å². The van der Waals surface area contributed by atoms with Gasteiger partial charge in [0.1, 0.15) is 12.4 Å². The summed E-state index contributed by atoms with van der Waals surface area (Å²) in [6.07, 6.45) is 1.63. The Labute approximate surface area is 160 Å². The van der Waals surface area contributed by atoms with E-state index < -0.39 is 10.9 Å². The first-order valence-corrected chi connectivity index (χ1v) is 8.35. The van der Waals surface area contributed by atoms with Gasteiger partial charge in [0.15, 0.2) is 0 Å². The van der Waals surface area contributed by atoms with Crippen molar-refractivity contribution < 1.29 is 19.6 Å². The fraction of sp³-hybridized carbons (Fsp3) is 0.0476. The third-order valence-corrected chi connectivity index (χ3v) is 3.93. The Hall–Kier alpha value is -4.00. The van der Waals surface area contributed by atoms with E-state index in [0.717, 1.165) is 11.1 Å². The van der Waals surface area contributed by atoms with E-state index in [2.05, 4.69) is 4.99 Å². The minimum Gasteiger partial charge on any atom is -0.488 e. The van der Waals surface area contributed by atoms with Crippen LogP contribution in [-0.2, 0) is 6.61 Å². The van der Waals surface area contributed by atoms with E-state index in [4.69, 9.17) is 9.84 Å². The van der Waals surface area contributed by atoms with Gasteiger partial charge in [-0.15, -0.1) is 0 Å². The van der Waals surface area contributed by atoms with E-state index in [1.54, 1.807) is 30.5 Å². The third kappa shape index (κ3) is 4.79. The Morgan fingerprint density at radius 3 is 2.36 bits per heavy atom. The first-order chi connectivity index (χ1) is 13.5. The number of aromatic carboxylic acids is 1. The molecule has 0 bridgehead atoms. The quantitative estimate of drug-likeness (QED) is 0.368. The Morgan fingerprint density at radius 2 is 1.71 bits per heavy atom. The molecule has 3 rings (SSSR count). The van der Waals surface area contributed by atoms with Crippen LogP contribution in [0.5, 0.6) is 5.75 Å². The normalized spacial score (nSPS) is 10.7. The fourth-order valence-corrected chi connectivity index (χ4v) is 2.43. The van der Waals surface area contributed by atoms with E-state index in [1.807, 2.05) is 24.3 Å². The van der Waals surface area contributed by atoms with Crippen molar-refractivity contribution in [2.75, 3.05) is 0 Å². The molecule has 7 heteroatoms. The highest BCUT2D eigenvalue weighted by atomic mass is 16.6. The van der Waals surface area contributed by atoms with Gasteiger partial charge in [0.25, 0.3) is 5.69 Å². The molecule has 0 saturated carbocycles. The summed E-state index contributed by atoms with van der Waals surface area (Å²) in [5, 5.41) is 19.6. The zero-order chi connectivity index (χ0) is 19.9. The van der Waals surface area contributed by atoms with Crippen LogP contribution in [-0.4, -0.2) is 22.2 Å². The number of benzene rings is 3. The maximum absolute atomic E-state index is 10.9. The molecule has 0 spiro atoms. The zero-order valence-corrected chi connectivity index (χ0v) is 14.7. The summed E-state index contributed by atoms with van der Waals surface area (Å²) < 4.78 is 5.83. The summed E-state index contributed by atoms with van der Waals surface area (Å²) in [5.74, 6) is -0.351. The van der Waals surface area contributed by atoms with Crippen molar-refractivity contribution in [2.24, 2.45) is 4.99 Å². The van der Waals surface area contributed by atoms with Gasteiger partial charge in [-0.1, -0.05) is 24.3 Å². The van der Waals surface area contributed by atoms with Gasteiger partial charge in [-0.3, -0.25) is 15.1 Å². The van der Waals surface area contributed by atoms with Crippen molar-refractivity contribution in [1.29, 1.82) is 0 Å². The van der Waals surface area contributed by atoms with Crippen molar-refractivity contribution in [2.45, 2.75) is 6.61 Å². The van der Waals surface area contributed by atoms with Crippen LogP contribution >= 0.6 is 0 Å². The van der Waals surface area contributed by atoms with Gasteiger partial charge in [0.05, 0.1) is 16.2 Å². The molecule has 0 aromatic heterocycles. The number of hydrogen-bond donors (Lipinski definition) is 1. The third-order valence-electron chi connectivity index (χ3n) is 3.93. The predicted molar refractivity (Wildman–Crippen MR) is 105 cm³/mol. The molecule has 3 aromatic rings. The largest absolute Gasteiger partial charge is 0.488 e. The fourth-order valence-electron chi connectivity index (χ4n) is 2.43. The van der Waals surface area contributed by atoms with E-state index in [0.29, 0.717) is 11.4 Å². The average molecular weight is 376 g/mol. The molecule has 0 aliphatic heterocycles. The number of aliphatic imine (C=N–C) groups is 1. The van der Waals surface area contributed by atoms with Crippen LogP contribution in [0, 0.1) is 10.1 Å². The molecule has 28 heavy (non-hydrogen) atoms. The molecule has 140 valence electrons. The van der Waals surface area contributed by atoms with Crippen LogP contribution in [0.4, 0.5) is 11.4 Å². The number of ether oxygens (including phenoxy) is 1. The lowest BCUT2D eigenvalue weighted by molar-refractivity contribution is -0.384. The van der Waals surface area contributed by atoms with Crippen LogP contribution in [0.15, 0.2) is 77.8 Å². The Balaban J connectivity index is 1.70. The van der Waals surface area contributed by atoms with Crippen molar-refractivity contribution in [3.05, 3.63) is 99.6 Å². The lowest BCUT2D eigenvalue weighted by Gasteiger charge is -2.09. The highest BCUT2D eigenvalue weighted by Gasteiger charge is 2.05. The summed E-state index contributed by atoms with van der Waals surface area (Å²) in [4.78, 5) is 25.5. The van der Waals surface area contributed by atoms with E-state index in [1.165, 1.54) is 24.3 Å². The number of nitrogens with zero attached hydrogens (tertiary/aromatic N) is 2. The lowest BCUT2D eigenvalue weighted by Crippen LogP contribution is -2.00. The maximum Gasteiger partial charge on any atom is 0.335 e. The summed E-state index contributed by atoms with van der Waals surface area (Å²) in [6.45, 7) is 0.280. The van der Waals surface area contributed by atoms with Gasteiger partial charge in [0, 0.05) is 23.9 Å². The van der Waals surface area contributed by atoms with Gasteiger partial charge in [-0.05, 0) is 42.0 Å².